The fraction of sp³-hybridized carbons (Fsp3) is 0.333. The molecular formula is C18H19W2-. The summed E-state index contributed by atoms with van der Waals surface area (Å²) < 4.78 is 0. The van der Waals surface area contributed by atoms with Crippen molar-refractivity contribution in [3.05, 3.63) is 58.7 Å². The van der Waals surface area contributed by atoms with E-state index in [1.807, 2.05) is 30.3 Å². The Morgan fingerprint density at radius 1 is 1.05 bits per heavy atom. The van der Waals surface area contributed by atoms with E-state index in [-0.39, 0.29) is 42.1 Å². The molecule has 0 fully saturated rings. The number of allylic oxidation sites excluding steroid dienone is 4. The van der Waals surface area contributed by atoms with Crippen LogP contribution in [0.25, 0.3) is 0 Å². The molecule has 0 N–H and O–H groups in total. The molecule has 1 aromatic rings. The van der Waals surface area contributed by atoms with Crippen molar-refractivity contribution in [3.63, 3.8) is 0 Å². The summed E-state index contributed by atoms with van der Waals surface area (Å²) >= 11 is 0. The van der Waals surface area contributed by atoms with E-state index in [4.69, 9.17) is 0 Å². The molecule has 0 aromatic heterocycles. The van der Waals surface area contributed by atoms with Crippen LogP contribution in [0.5, 0.6) is 0 Å². The fourth-order valence-electron chi connectivity index (χ4n) is 2.08. The summed E-state index contributed by atoms with van der Waals surface area (Å²) in [6.07, 6.45) is 8.33. The first-order chi connectivity index (χ1) is 8.77. The molecule has 1 aliphatic carbocycles. The van der Waals surface area contributed by atoms with Crippen LogP contribution in [0, 0.1) is 17.9 Å². The Labute approximate surface area is 151 Å². The Morgan fingerprint density at radius 2 is 1.75 bits per heavy atom. The van der Waals surface area contributed by atoms with Gasteiger partial charge in [0.2, 0.25) is 0 Å². The third kappa shape index (κ3) is 5.95. The summed E-state index contributed by atoms with van der Waals surface area (Å²) in [4.78, 5) is 0. The van der Waals surface area contributed by atoms with Crippen molar-refractivity contribution in [2.24, 2.45) is 0 Å². The first-order valence-electron chi connectivity index (χ1n) is 6.62. The molecule has 1 aromatic carbocycles. The Balaban J connectivity index is 0.00000180. The zero-order valence-electron chi connectivity index (χ0n) is 12.0. The zero-order chi connectivity index (χ0) is 12.8. The van der Waals surface area contributed by atoms with Gasteiger partial charge in [0.25, 0.3) is 0 Å². The summed E-state index contributed by atoms with van der Waals surface area (Å²) in [5.41, 5.74) is 4.94. The first-order valence-corrected chi connectivity index (χ1v) is 6.62. The molecule has 104 valence electrons. The average molecular weight is 603 g/mol. The Bertz CT molecular complexity index is 528. The van der Waals surface area contributed by atoms with E-state index >= 15 is 0 Å². The van der Waals surface area contributed by atoms with Crippen LogP contribution in [-0.4, -0.2) is 0 Å². The molecule has 0 heterocycles. The van der Waals surface area contributed by atoms with Crippen molar-refractivity contribution >= 4 is 0 Å². The van der Waals surface area contributed by atoms with Crippen molar-refractivity contribution in [2.75, 3.05) is 0 Å². The van der Waals surface area contributed by atoms with Gasteiger partial charge in [-0.05, 0) is 19.1 Å². The summed E-state index contributed by atoms with van der Waals surface area (Å²) in [5.74, 6) is 6.48. The molecule has 0 atom stereocenters. The predicted octanol–water partition coefficient (Wildman–Crippen LogP) is 4.67. The van der Waals surface area contributed by atoms with E-state index in [0.29, 0.717) is 0 Å². The van der Waals surface area contributed by atoms with Crippen LogP contribution in [0.15, 0.2) is 47.1 Å². The van der Waals surface area contributed by atoms with E-state index in [1.165, 1.54) is 29.6 Å². The van der Waals surface area contributed by atoms with Gasteiger partial charge in [-0.2, -0.15) is 5.57 Å². The van der Waals surface area contributed by atoms with Gasteiger partial charge in [0.05, 0.1) is 0 Å². The van der Waals surface area contributed by atoms with Crippen LogP contribution >= 0.6 is 0 Å². The third-order valence-electron chi connectivity index (χ3n) is 3.38. The molecule has 0 saturated carbocycles. The number of benzene rings is 1. The van der Waals surface area contributed by atoms with Gasteiger partial charge in [-0.1, -0.05) is 54.9 Å². The SMILES string of the molecule is C/C(C#Cc1ccccc1)=C(/C)C1=[C-]CCCC1.[W].[W]. The molecule has 2 heteroatoms. The van der Waals surface area contributed by atoms with Gasteiger partial charge < -0.3 is 0 Å². The van der Waals surface area contributed by atoms with Gasteiger partial charge in [-0.3, -0.25) is 6.08 Å². The van der Waals surface area contributed by atoms with Crippen molar-refractivity contribution in [2.45, 2.75) is 39.5 Å². The zero-order valence-corrected chi connectivity index (χ0v) is 17.9. The average Bonchev–Trinajstić information content (AvgIpc) is 2.46. The number of hydrogen-bond donors (Lipinski definition) is 0. The van der Waals surface area contributed by atoms with Crippen LogP contribution in [0.1, 0.15) is 45.1 Å². The Hall–Kier alpha value is -0.363. The van der Waals surface area contributed by atoms with Crippen LogP contribution in [0.2, 0.25) is 0 Å². The summed E-state index contributed by atoms with van der Waals surface area (Å²) in [7, 11) is 0. The second kappa shape index (κ2) is 10.4. The number of hydrogen-bond acceptors (Lipinski definition) is 0. The largest absolute Gasteiger partial charge is 0.272 e. The van der Waals surface area contributed by atoms with Gasteiger partial charge in [0, 0.05) is 47.7 Å². The summed E-state index contributed by atoms with van der Waals surface area (Å²) in [6, 6.07) is 10.1. The Kier molecular flexibility index (Phi) is 10.2. The fourth-order valence-corrected chi connectivity index (χ4v) is 2.08. The molecule has 2 rings (SSSR count). The van der Waals surface area contributed by atoms with Gasteiger partial charge in [0.1, 0.15) is 0 Å². The smallest absolute Gasteiger partial charge is 0.0248 e. The van der Waals surface area contributed by atoms with Gasteiger partial charge >= 0.3 is 0 Å². The maximum absolute atomic E-state index is 3.49. The van der Waals surface area contributed by atoms with Gasteiger partial charge in [0.15, 0.2) is 0 Å². The second-order valence-corrected chi connectivity index (χ2v) is 4.73. The molecular weight excluding hydrogens is 584 g/mol. The molecule has 0 unspecified atom stereocenters. The molecule has 0 nitrogen and oxygen atoms in total. The molecule has 0 aliphatic heterocycles. The standard InChI is InChI=1S/C18H19.2W/c1-15(13-14-17-9-5-3-6-10-17)16(2)18-11-7-4-8-12-18;;/h3,5-6,9-10H,4,7-8,11H2,1-2H3;;/q-1;;/b16-15+;;. The van der Waals surface area contributed by atoms with E-state index in [1.54, 1.807) is 0 Å². The second-order valence-electron chi connectivity index (χ2n) is 4.73. The van der Waals surface area contributed by atoms with E-state index in [2.05, 4.69) is 31.8 Å². The maximum atomic E-state index is 3.49. The minimum absolute atomic E-state index is 0. The number of rotatable bonds is 1. The van der Waals surface area contributed by atoms with Crippen LogP contribution < -0.4 is 0 Å². The third-order valence-corrected chi connectivity index (χ3v) is 3.38. The minimum Gasteiger partial charge on any atom is -0.272 e. The molecule has 0 saturated heterocycles. The normalized spacial score (nSPS) is 14.6. The quantitative estimate of drug-likeness (QED) is 0.324. The van der Waals surface area contributed by atoms with Crippen molar-refractivity contribution in [1.82, 2.24) is 0 Å². The topological polar surface area (TPSA) is 0 Å². The molecule has 20 heavy (non-hydrogen) atoms. The van der Waals surface area contributed by atoms with Crippen molar-refractivity contribution < 1.29 is 42.1 Å². The van der Waals surface area contributed by atoms with Gasteiger partial charge in [-0.25, -0.2) is 5.57 Å². The molecule has 0 radical (unpaired) electrons. The van der Waals surface area contributed by atoms with Crippen LogP contribution in [-0.2, 0) is 42.1 Å². The maximum Gasteiger partial charge on any atom is 0.0248 e. The monoisotopic (exact) mass is 603 g/mol. The molecule has 0 spiro atoms. The van der Waals surface area contributed by atoms with E-state index in [0.717, 1.165) is 18.4 Å². The van der Waals surface area contributed by atoms with Crippen LogP contribution in [0.4, 0.5) is 0 Å². The first kappa shape index (κ1) is 19.6. The van der Waals surface area contributed by atoms with E-state index in [9.17, 15) is 0 Å². The molecule has 0 bridgehead atoms. The van der Waals surface area contributed by atoms with Crippen LogP contribution in [0.3, 0.4) is 0 Å². The summed E-state index contributed by atoms with van der Waals surface area (Å²) in [6.45, 7) is 4.28. The van der Waals surface area contributed by atoms with Gasteiger partial charge in [-0.15, -0.1) is 13.3 Å². The van der Waals surface area contributed by atoms with E-state index < -0.39 is 0 Å². The predicted molar refractivity (Wildman–Crippen MR) is 76.9 cm³/mol. The van der Waals surface area contributed by atoms with Crippen molar-refractivity contribution in [1.29, 1.82) is 0 Å². The summed E-state index contributed by atoms with van der Waals surface area (Å²) in [5, 5.41) is 0. The van der Waals surface area contributed by atoms with Crippen molar-refractivity contribution in [3.8, 4) is 11.8 Å². The minimum atomic E-state index is 0. The molecule has 1 aliphatic rings. The molecule has 0 amide bonds. The Morgan fingerprint density at radius 3 is 2.35 bits per heavy atom.